The van der Waals surface area contributed by atoms with Crippen LogP contribution in [0.3, 0.4) is 0 Å². The Labute approximate surface area is 221 Å². The third-order valence-corrected chi connectivity index (χ3v) is 7.71. The molecule has 3 aromatic carbocycles. The number of fused-ring (bicyclic) bond motifs is 6. The summed E-state index contributed by atoms with van der Waals surface area (Å²) in [6.45, 7) is 8.53. The number of aryl methyl sites for hydroxylation is 4. The molecule has 182 valence electrons. The lowest BCUT2D eigenvalue weighted by molar-refractivity contribution is 1.32. The van der Waals surface area contributed by atoms with E-state index in [1.165, 1.54) is 22.3 Å². The second-order valence-electron chi connectivity index (χ2n) is 10.2. The van der Waals surface area contributed by atoms with Gasteiger partial charge in [0, 0.05) is 45.1 Å². The van der Waals surface area contributed by atoms with Crippen molar-refractivity contribution in [1.29, 1.82) is 0 Å². The smallest absolute Gasteiger partial charge is 0.0974 e. The highest BCUT2D eigenvalue weighted by Crippen LogP contribution is 2.33. The van der Waals surface area contributed by atoms with Crippen LogP contribution >= 0.6 is 0 Å². The number of aromatic nitrogens is 4. The van der Waals surface area contributed by atoms with Gasteiger partial charge in [-0.2, -0.15) is 0 Å². The van der Waals surface area contributed by atoms with Gasteiger partial charge in [0.05, 0.1) is 33.5 Å². The number of nitrogens with zero attached hydrogens (tertiary/aromatic N) is 4. The molecule has 0 N–H and O–H groups in total. The van der Waals surface area contributed by atoms with Crippen molar-refractivity contribution < 1.29 is 0 Å². The summed E-state index contributed by atoms with van der Waals surface area (Å²) in [5.74, 6) is 0. The minimum absolute atomic E-state index is 0.950. The highest BCUT2D eigenvalue weighted by Gasteiger charge is 2.13. The van der Waals surface area contributed by atoms with Crippen molar-refractivity contribution in [1.82, 2.24) is 19.9 Å². The summed E-state index contributed by atoms with van der Waals surface area (Å²) >= 11 is 0. The van der Waals surface area contributed by atoms with Crippen LogP contribution in [-0.4, -0.2) is 19.9 Å². The van der Waals surface area contributed by atoms with Gasteiger partial charge in [-0.05, 0) is 74.2 Å². The first kappa shape index (κ1) is 22.5. The largest absolute Gasteiger partial charge is 0.254 e. The molecule has 0 aliphatic carbocycles. The maximum atomic E-state index is 5.09. The molecule has 0 radical (unpaired) electrons. The van der Waals surface area contributed by atoms with E-state index in [-0.39, 0.29) is 0 Å². The highest BCUT2D eigenvalue weighted by atomic mass is 14.8. The van der Waals surface area contributed by atoms with Gasteiger partial charge in [-0.1, -0.05) is 48.5 Å². The topological polar surface area (TPSA) is 51.6 Å². The van der Waals surface area contributed by atoms with Gasteiger partial charge in [0.25, 0.3) is 0 Å². The summed E-state index contributed by atoms with van der Waals surface area (Å²) in [4.78, 5) is 19.5. The predicted molar refractivity (Wildman–Crippen MR) is 157 cm³/mol. The maximum Gasteiger partial charge on any atom is 0.0974 e. The van der Waals surface area contributed by atoms with E-state index in [9.17, 15) is 0 Å². The van der Waals surface area contributed by atoms with Gasteiger partial charge in [0.2, 0.25) is 0 Å². The van der Waals surface area contributed by atoms with Crippen LogP contribution in [0, 0.1) is 27.7 Å². The van der Waals surface area contributed by atoms with Crippen LogP contribution in [0.15, 0.2) is 85.2 Å². The van der Waals surface area contributed by atoms with Crippen LogP contribution in [-0.2, 0) is 0 Å². The summed E-state index contributed by atoms with van der Waals surface area (Å²) in [7, 11) is 0. The van der Waals surface area contributed by atoms with Gasteiger partial charge in [-0.15, -0.1) is 0 Å². The fourth-order valence-corrected chi connectivity index (χ4v) is 5.53. The van der Waals surface area contributed by atoms with E-state index in [0.717, 1.165) is 66.1 Å². The molecule has 7 aromatic rings. The fraction of sp³-hybridized carbons (Fsp3) is 0.118. The van der Waals surface area contributed by atoms with Crippen molar-refractivity contribution in [2.24, 2.45) is 0 Å². The Kier molecular flexibility index (Phi) is 4.98. The van der Waals surface area contributed by atoms with Crippen LogP contribution < -0.4 is 0 Å². The first-order valence-corrected chi connectivity index (χ1v) is 12.9. The molecule has 0 aliphatic heterocycles. The van der Waals surface area contributed by atoms with Crippen LogP contribution in [0.4, 0.5) is 0 Å². The monoisotopic (exact) mass is 490 g/mol. The Balaban J connectivity index is 1.35. The van der Waals surface area contributed by atoms with Crippen molar-refractivity contribution >= 4 is 43.6 Å². The minimum atomic E-state index is 0.950. The van der Waals surface area contributed by atoms with Gasteiger partial charge in [-0.3, -0.25) is 9.97 Å². The lowest BCUT2D eigenvalue weighted by Crippen LogP contribution is -1.94. The van der Waals surface area contributed by atoms with Crippen LogP contribution in [0.1, 0.15) is 22.3 Å². The third kappa shape index (κ3) is 3.45. The lowest BCUT2D eigenvalue weighted by atomic mass is 9.99. The van der Waals surface area contributed by atoms with Crippen LogP contribution in [0.25, 0.3) is 66.1 Å². The van der Waals surface area contributed by atoms with E-state index in [0.29, 0.717) is 0 Å². The molecule has 0 spiro atoms. The predicted octanol–water partition coefficient (Wildman–Crippen LogP) is 8.45. The average molecular weight is 491 g/mol. The number of hydrogen-bond acceptors (Lipinski definition) is 4. The Hall–Kier alpha value is -4.70. The van der Waals surface area contributed by atoms with Crippen molar-refractivity contribution in [3.8, 4) is 22.5 Å². The normalized spacial score (nSPS) is 11.7. The van der Waals surface area contributed by atoms with Crippen molar-refractivity contribution in [3.05, 3.63) is 107 Å². The van der Waals surface area contributed by atoms with Crippen molar-refractivity contribution in [2.75, 3.05) is 0 Å². The van der Waals surface area contributed by atoms with Crippen LogP contribution in [0.2, 0.25) is 0 Å². The van der Waals surface area contributed by atoms with Gasteiger partial charge in [0.1, 0.15) is 0 Å². The Morgan fingerprint density at radius 2 is 0.763 bits per heavy atom. The van der Waals surface area contributed by atoms with Crippen molar-refractivity contribution in [3.63, 3.8) is 0 Å². The Morgan fingerprint density at radius 3 is 1.16 bits per heavy atom. The van der Waals surface area contributed by atoms with E-state index in [1.807, 2.05) is 24.5 Å². The summed E-state index contributed by atoms with van der Waals surface area (Å²) < 4.78 is 0. The van der Waals surface area contributed by atoms with E-state index in [2.05, 4.69) is 98.3 Å². The minimum Gasteiger partial charge on any atom is -0.254 e. The molecule has 0 unspecified atom stereocenters. The molecule has 0 fully saturated rings. The summed E-state index contributed by atoms with van der Waals surface area (Å²) in [5.41, 5.74) is 12.7. The number of hydrogen-bond donors (Lipinski definition) is 0. The molecule has 4 heterocycles. The average Bonchev–Trinajstić information content (AvgIpc) is 2.93. The number of pyridine rings is 4. The summed E-state index contributed by atoms with van der Waals surface area (Å²) in [6.07, 6.45) is 3.74. The molecular formula is C34H26N4. The summed E-state index contributed by atoms with van der Waals surface area (Å²) in [6, 6.07) is 25.6. The third-order valence-electron chi connectivity index (χ3n) is 7.71. The highest BCUT2D eigenvalue weighted by molar-refractivity contribution is 6.06. The van der Waals surface area contributed by atoms with Crippen molar-refractivity contribution in [2.45, 2.75) is 27.7 Å². The molecule has 0 aliphatic rings. The quantitative estimate of drug-likeness (QED) is 0.228. The van der Waals surface area contributed by atoms with E-state index in [1.54, 1.807) is 0 Å². The zero-order chi connectivity index (χ0) is 26.0. The molecule has 4 heteroatoms. The number of rotatable bonds is 2. The fourth-order valence-electron chi connectivity index (χ4n) is 5.53. The Bertz CT molecular complexity index is 1910. The molecule has 38 heavy (non-hydrogen) atoms. The molecule has 0 saturated heterocycles. The molecular weight excluding hydrogens is 464 g/mol. The first-order chi connectivity index (χ1) is 18.5. The second-order valence-corrected chi connectivity index (χ2v) is 10.2. The van der Waals surface area contributed by atoms with E-state index in [4.69, 9.17) is 9.97 Å². The molecule has 0 bridgehead atoms. The molecule has 4 aromatic heterocycles. The first-order valence-electron chi connectivity index (χ1n) is 12.9. The maximum absolute atomic E-state index is 5.09. The van der Waals surface area contributed by atoms with E-state index >= 15 is 0 Å². The van der Waals surface area contributed by atoms with Gasteiger partial charge in [-0.25, -0.2) is 9.97 Å². The Morgan fingerprint density at radius 1 is 0.395 bits per heavy atom. The van der Waals surface area contributed by atoms with Gasteiger partial charge < -0.3 is 0 Å². The zero-order valence-corrected chi connectivity index (χ0v) is 21.9. The zero-order valence-electron chi connectivity index (χ0n) is 21.9. The van der Waals surface area contributed by atoms with Gasteiger partial charge >= 0.3 is 0 Å². The van der Waals surface area contributed by atoms with Crippen LogP contribution in [0.5, 0.6) is 0 Å². The SMILES string of the molecule is Cc1ccnc2c1ccc1c(C)cc(-c3ccc(-c4cc(C)c5ccc6c(C)ccnc6c5n4)cc3)nc12. The molecule has 0 atom stereocenters. The molecule has 0 amide bonds. The molecule has 7 rings (SSSR count). The number of benzene rings is 3. The lowest BCUT2D eigenvalue weighted by Gasteiger charge is -2.12. The van der Waals surface area contributed by atoms with E-state index < -0.39 is 0 Å². The second kappa shape index (κ2) is 8.42. The molecule has 4 nitrogen and oxygen atoms in total. The standard InChI is InChI=1S/C34H26N4/c1-19-13-15-35-31-25(19)9-11-27-21(3)17-29(37-33(27)31)23-5-7-24(8-6-23)30-18-22(4)28-12-10-26-20(2)14-16-36-32(26)34(28)38-30/h5-18H,1-4H3. The molecule has 0 saturated carbocycles. The summed E-state index contributed by atoms with van der Waals surface area (Å²) in [5, 5.41) is 4.58. The van der Waals surface area contributed by atoms with Gasteiger partial charge in [0.15, 0.2) is 0 Å².